The normalized spacial score (nSPS) is 21.4. The van der Waals surface area contributed by atoms with Crippen molar-refractivity contribution < 1.29 is 14.3 Å². The summed E-state index contributed by atoms with van der Waals surface area (Å²) in [4.78, 5) is 32.6. The second kappa shape index (κ2) is 12.8. The van der Waals surface area contributed by atoms with Gasteiger partial charge in [-0.2, -0.15) is 0 Å². The zero-order valence-corrected chi connectivity index (χ0v) is 21.0. The van der Waals surface area contributed by atoms with Crippen molar-refractivity contribution in [3.8, 4) is 5.75 Å². The third-order valence-corrected chi connectivity index (χ3v) is 7.78. The molecule has 2 heterocycles. The lowest BCUT2D eigenvalue weighted by molar-refractivity contribution is -0.137. The van der Waals surface area contributed by atoms with Gasteiger partial charge < -0.3 is 19.9 Å². The van der Waals surface area contributed by atoms with Gasteiger partial charge in [-0.1, -0.05) is 30.9 Å². The first-order chi connectivity index (χ1) is 16.6. The lowest BCUT2D eigenvalue weighted by atomic mass is 9.95. The maximum Gasteiger partial charge on any atom is 0.260 e. The van der Waals surface area contributed by atoms with Gasteiger partial charge in [0.15, 0.2) is 6.61 Å². The molecule has 0 bridgehead atoms. The van der Waals surface area contributed by atoms with E-state index in [1.807, 2.05) is 4.90 Å². The molecule has 8 heteroatoms. The van der Waals surface area contributed by atoms with Gasteiger partial charge in [-0.25, -0.2) is 0 Å². The van der Waals surface area contributed by atoms with Gasteiger partial charge in [-0.15, -0.1) is 0 Å². The van der Waals surface area contributed by atoms with Crippen molar-refractivity contribution in [3.05, 3.63) is 29.3 Å². The molecule has 7 nitrogen and oxygen atoms in total. The van der Waals surface area contributed by atoms with Crippen LogP contribution in [0.15, 0.2) is 24.3 Å². The number of carbonyl (C=O) groups is 2. The SMILES string of the molecule is O=C(NCCN1CCCCC1)C(C1CCCC1)N1CCN(C(=O)COc2ccc(Cl)cc2)CC1. The van der Waals surface area contributed by atoms with Gasteiger partial charge in [0, 0.05) is 44.3 Å². The Morgan fingerprint density at radius 2 is 1.62 bits per heavy atom. The molecular weight excluding hydrogens is 452 g/mol. The average molecular weight is 491 g/mol. The van der Waals surface area contributed by atoms with Gasteiger partial charge in [0.05, 0.1) is 6.04 Å². The molecule has 0 radical (unpaired) electrons. The first kappa shape index (κ1) is 25.3. The average Bonchev–Trinajstić information content (AvgIpc) is 3.39. The Kier molecular flexibility index (Phi) is 9.48. The zero-order chi connectivity index (χ0) is 23.8. The Bertz CT molecular complexity index is 786. The molecule has 2 aliphatic heterocycles. The lowest BCUT2D eigenvalue weighted by Crippen LogP contribution is -2.58. The smallest absolute Gasteiger partial charge is 0.260 e. The van der Waals surface area contributed by atoms with Crippen LogP contribution in [0.2, 0.25) is 5.02 Å². The largest absolute Gasteiger partial charge is 0.484 e. The van der Waals surface area contributed by atoms with Crippen LogP contribution in [0, 0.1) is 5.92 Å². The standard InChI is InChI=1S/C26H39ClN4O3/c27-22-8-10-23(11-9-22)34-20-24(32)30-16-18-31(19-17-30)25(21-6-2-3-7-21)26(33)28-12-15-29-13-4-1-5-14-29/h8-11,21,25H,1-7,12-20H2,(H,28,33). The number of carbonyl (C=O) groups excluding carboxylic acids is 2. The summed E-state index contributed by atoms with van der Waals surface area (Å²) < 4.78 is 5.63. The number of nitrogens with zero attached hydrogens (tertiary/aromatic N) is 3. The summed E-state index contributed by atoms with van der Waals surface area (Å²) >= 11 is 5.90. The Hall–Kier alpha value is -1.83. The van der Waals surface area contributed by atoms with E-state index in [4.69, 9.17) is 16.3 Å². The van der Waals surface area contributed by atoms with Gasteiger partial charge >= 0.3 is 0 Å². The maximum absolute atomic E-state index is 13.3. The molecule has 2 saturated heterocycles. The van der Waals surface area contributed by atoms with E-state index in [9.17, 15) is 9.59 Å². The molecule has 1 saturated carbocycles. The Morgan fingerprint density at radius 3 is 2.29 bits per heavy atom. The highest BCUT2D eigenvalue weighted by atomic mass is 35.5. The maximum atomic E-state index is 13.3. The van der Waals surface area contributed by atoms with E-state index in [1.54, 1.807) is 24.3 Å². The predicted molar refractivity (Wildman–Crippen MR) is 134 cm³/mol. The van der Waals surface area contributed by atoms with Crippen molar-refractivity contribution in [2.45, 2.75) is 51.0 Å². The van der Waals surface area contributed by atoms with Crippen LogP contribution in [0.5, 0.6) is 5.75 Å². The number of likely N-dealkylation sites (tertiary alicyclic amines) is 1. The first-order valence-corrected chi connectivity index (χ1v) is 13.4. The van der Waals surface area contributed by atoms with Gasteiger partial charge in [0.2, 0.25) is 5.91 Å². The molecule has 4 rings (SSSR count). The fourth-order valence-corrected chi connectivity index (χ4v) is 5.72. The van der Waals surface area contributed by atoms with Crippen LogP contribution in [-0.4, -0.2) is 91.5 Å². The zero-order valence-electron chi connectivity index (χ0n) is 20.2. The van der Waals surface area contributed by atoms with Crippen molar-refractivity contribution in [3.63, 3.8) is 0 Å². The Balaban J connectivity index is 1.25. The van der Waals surface area contributed by atoms with E-state index in [2.05, 4.69) is 15.1 Å². The molecule has 3 aliphatic rings. The summed E-state index contributed by atoms with van der Waals surface area (Å²) in [5.74, 6) is 1.22. The highest BCUT2D eigenvalue weighted by Crippen LogP contribution is 2.31. The van der Waals surface area contributed by atoms with Crippen molar-refractivity contribution in [2.24, 2.45) is 5.92 Å². The summed E-state index contributed by atoms with van der Waals surface area (Å²) in [5, 5.41) is 3.89. The molecule has 1 N–H and O–H groups in total. The molecule has 1 unspecified atom stereocenters. The van der Waals surface area contributed by atoms with Crippen LogP contribution >= 0.6 is 11.6 Å². The summed E-state index contributed by atoms with van der Waals surface area (Å²) in [7, 11) is 0. The van der Waals surface area contributed by atoms with E-state index in [1.165, 1.54) is 32.1 Å². The molecule has 0 aromatic heterocycles. The monoisotopic (exact) mass is 490 g/mol. The summed E-state index contributed by atoms with van der Waals surface area (Å²) in [6, 6.07) is 6.96. The molecule has 2 amide bonds. The van der Waals surface area contributed by atoms with Crippen molar-refractivity contribution in [1.82, 2.24) is 20.0 Å². The number of piperidine rings is 1. The van der Waals surface area contributed by atoms with Crippen LogP contribution in [0.3, 0.4) is 0 Å². The fourth-order valence-electron chi connectivity index (χ4n) is 5.59. The molecule has 1 aromatic carbocycles. The van der Waals surface area contributed by atoms with E-state index in [0.717, 1.165) is 52.1 Å². The van der Waals surface area contributed by atoms with E-state index < -0.39 is 0 Å². The predicted octanol–water partition coefficient (Wildman–Crippen LogP) is 3.02. The number of hydrogen-bond donors (Lipinski definition) is 1. The van der Waals surface area contributed by atoms with Crippen molar-refractivity contribution >= 4 is 23.4 Å². The topological polar surface area (TPSA) is 65.1 Å². The number of nitrogens with one attached hydrogen (secondary N) is 1. The third-order valence-electron chi connectivity index (χ3n) is 7.53. The van der Waals surface area contributed by atoms with E-state index in [-0.39, 0.29) is 24.5 Å². The molecule has 1 aliphatic carbocycles. The third kappa shape index (κ3) is 7.09. The van der Waals surface area contributed by atoms with Gasteiger partial charge in [-0.3, -0.25) is 14.5 Å². The van der Waals surface area contributed by atoms with Crippen LogP contribution in [-0.2, 0) is 9.59 Å². The summed E-state index contributed by atoms with van der Waals surface area (Å²) in [6.45, 7) is 6.71. The van der Waals surface area contributed by atoms with Crippen LogP contribution in [0.4, 0.5) is 0 Å². The Labute approximate surface area is 208 Å². The minimum absolute atomic E-state index is 0.0157. The van der Waals surface area contributed by atoms with Crippen LogP contribution in [0.1, 0.15) is 44.9 Å². The number of rotatable bonds is 9. The van der Waals surface area contributed by atoms with Crippen LogP contribution in [0.25, 0.3) is 0 Å². The van der Waals surface area contributed by atoms with Gasteiger partial charge in [0.1, 0.15) is 5.75 Å². The molecule has 188 valence electrons. The summed E-state index contributed by atoms with van der Waals surface area (Å²) in [5.41, 5.74) is 0. The molecule has 3 fully saturated rings. The minimum Gasteiger partial charge on any atom is -0.484 e. The Morgan fingerprint density at radius 1 is 0.941 bits per heavy atom. The highest BCUT2D eigenvalue weighted by Gasteiger charge is 2.37. The van der Waals surface area contributed by atoms with Crippen LogP contribution < -0.4 is 10.1 Å². The van der Waals surface area contributed by atoms with Gasteiger partial charge in [0.25, 0.3) is 5.91 Å². The first-order valence-electron chi connectivity index (χ1n) is 13.0. The lowest BCUT2D eigenvalue weighted by Gasteiger charge is -2.40. The second-order valence-corrected chi connectivity index (χ2v) is 10.3. The highest BCUT2D eigenvalue weighted by molar-refractivity contribution is 6.30. The van der Waals surface area contributed by atoms with Crippen molar-refractivity contribution in [2.75, 3.05) is 59.0 Å². The number of halogens is 1. The van der Waals surface area contributed by atoms with Crippen molar-refractivity contribution in [1.29, 1.82) is 0 Å². The molecule has 0 spiro atoms. The number of hydrogen-bond acceptors (Lipinski definition) is 5. The quantitative estimate of drug-likeness (QED) is 0.576. The number of piperazine rings is 1. The molecule has 1 aromatic rings. The fraction of sp³-hybridized carbons (Fsp3) is 0.692. The molecule has 1 atom stereocenters. The summed E-state index contributed by atoms with van der Waals surface area (Å²) in [6.07, 6.45) is 8.54. The minimum atomic E-state index is -0.0774. The number of ether oxygens (including phenoxy) is 1. The number of benzene rings is 1. The van der Waals surface area contributed by atoms with Gasteiger partial charge in [-0.05, 0) is 69.0 Å². The molecular formula is C26H39ClN4O3. The van der Waals surface area contributed by atoms with E-state index in [0.29, 0.717) is 29.8 Å². The number of amides is 2. The second-order valence-electron chi connectivity index (χ2n) is 9.84. The molecule has 34 heavy (non-hydrogen) atoms. The van der Waals surface area contributed by atoms with E-state index >= 15 is 0 Å².